The zero-order valence-electron chi connectivity index (χ0n) is 18.8. The summed E-state index contributed by atoms with van der Waals surface area (Å²) in [5.74, 6) is 1.65. The number of likely N-dealkylation sites (tertiary alicyclic amines) is 1. The highest BCUT2D eigenvalue weighted by Crippen LogP contribution is 2.33. The number of fused-ring (bicyclic) bond motifs is 1. The fourth-order valence-electron chi connectivity index (χ4n) is 4.56. The summed E-state index contributed by atoms with van der Waals surface area (Å²) in [5.41, 5.74) is 2.25. The van der Waals surface area contributed by atoms with Crippen LogP contribution in [0.3, 0.4) is 0 Å². The van der Waals surface area contributed by atoms with Crippen LogP contribution in [0.1, 0.15) is 23.5 Å². The molecule has 1 N–H and O–H groups in total. The summed E-state index contributed by atoms with van der Waals surface area (Å²) >= 11 is 0. The Kier molecular flexibility index (Phi) is 6.34. The lowest BCUT2D eigenvalue weighted by Crippen LogP contribution is -2.47. The highest BCUT2D eigenvalue weighted by molar-refractivity contribution is 5.83. The summed E-state index contributed by atoms with van der Waals surface area (Å²) in [4.78, 5) is 13.1. The molecule has 172 valence electrons. The summed E-state index contributed by atoms with van der Waals surface area (Å²) < 4.78 is 12.3. The maximum Gasteiger partial charge on any atom is 0.407 e. The van der Waals surface area contributed by atoms with Crippen LogP contribution in [0.4, 0.5) is 4.79 Å². The van der Waals surface area contributed by atoms with Gasteiger partial charge in [-0.2, -0.15) is 0 Å². The summed E-state index contributed by atoms with van der Waals surface area (Å²) in [6.45, 7) is 1.34. The van der Waals surface area contributed by atoms with Gasteiger partial charge in [0.2, 0.25) is 0 Å². The van der Waals surface area contributed by atoms with Crippen LogP contribution >= 0.6 is 0 Å². The molecule has 0 spiro atoms. The van der Waals surface area contributed by atoms with Crippen LogP contribution in [-0.2, 0) is 6.61 Å². The normalized spacial score (nSPS) is 17.9. The lowest BCUT2D eigenvalue weighted by atomic mass is 9.87. The van der Waals surface area contributed by atoms with Gasteiger partial charge in [0.1, 0.15) is 24.2 Å². The van der Waals surface area contributed by atoms with Crippen LogP contribution in [0.25, 0.3) is 10.8 Å². The SMILES string of the molecule is O=C(O)N1CCC(c2ccc(OCc3ccccc3)cc2)C(Oc2ccc3ccccc3c2)C1. The molecule has 5 nitrogen and oxygen atoms in total. The van der Waals surface area contributed by atoms with E-state index >= 15 is 0 Å². The van der Waals surface area contributed by atoms with E-state index in [1.807, 2.05) is 72.8 Å². The zero-order valence-corrected chi connectivity index (χ0v) is 18.8. The molecule has 5 heteroatoms. The summed E-state index contributed by atoms with van der Waals surface area (Å²) in [7, 11) is 0. The van der Waals surface area contributed by atoms with E-state index < -0.39 is 6.09 Å². The first-order valence-electron chi connectivity index (χ1n) is 11.6. The van der Waals surface area contributed by atoms with Crippen LogP contribution in [0, 0.1) is 0 Å². The fraction of sp³-hybridized carbons (Fsp3) is 0.207. The molecule has 1 amide bonds. The Morgan fingerprint density at radius 3 is 2.32 bits per heavy atom. The Labute approximate surface area is 199 Å². The first kappa shape index (κ1) is 21.8. The van der Waals surface area contributed by atoms with E-state index in [1.54, 1.807) is 0 Å². The van der Waals surface area contributed by atoms with Gasteiger partial charge in [-0.15, -0.1) is 0 Å². The van der Waals surface area contributed by atoms with Crippen molar-refractivity contribution in [2.75, 3.05) is 13.1 Å². The standard InChI is InChI=1S/C29H27NO4/c31-29(32)30-17-16-27(23-11-13-25(14-12-23)33-20-21-6-2-1-3-7-21)28(19-30)34-26-15-10-22-8-4-5-9-24(22)18-26/h1-15,18,27-28H,16-17,19-20H2,(H,31,32). The van der Waals surface area contributed by atoms with Crippen LogP contribution in [0.5, 0.6) is 11.5 Å². The van der Waals surface area contributed by atoms with E-state index in [0.717, 1.165) is 33.4 Å². The molecule has 0 radical (unpaired) electrons. The number of carboxylic acid groups (broad SMARTS) is 1. The van der Waals surface area contributed by atoms with Gasteiger partial charge in [-0.3, -0.25) is 0 Å². The van der Waals surface area contributed by atoms with Gasteiger partial charge >= 0.3 is 6.09 Å². The quantitative estimate of drug-likeness (QED) is 0.370. The van der Waals surface area contributed by atoms with Gasteiger partial charge in [0, 0.05) is 12.5 Å². The fourth-order valence-corrected chi connectivity index (χ4v) is 4.56. The average Bonchev–Trinajstić information content (AvgIpc) is 2.88. The number of amides is 1. The Hall–Kier alpha value is -3.99. The first-order valence-corrected chi connectivity index (χ1v) is 11.6. The number of carbonyl (C=O) groups is 1. The number of hydrogen-bond acceptors (Lipinski definition) is 3. The van der Waals surface area contributed by atoms with E-state index in [4.69, 9.17) is 9.47 Å². The molecule has 34 heavy (non-hydrogen) atoms. The van der Waals surface area contributed by atoms with Gasteiger partial charge in [-0.25, -0.2) is 4.79 Å². The highest BCUT2D eigenvalue weighted by Gasteiger charge is 2.34. The largest absolute Gasteiger partial charge is 0.489 e. The molecule has 0 aliphatic carbocycles. The van der Waals surface area contributed by atoms with Crippen LogP contribution in [0.15, 0.2) is 97.1 Å². The number of piperidine rings is 1. The van der Waals surface area contributed by atoms with E-state index in [2.05, 4.69) is 24.3 Å². The Morgan fingerprint density at radius 1 is 0.853 bits per heavy atom. The van der Waals surface area contributed by atoms with Crippen molar-refractivity contribution in [3.63, 3.8) is 0 Å². The van der Waals surface area contributed by atoms with Crippen molar-refractivity contribution >= 4 is 16.9 Å². The molecule has 1 saturated heterocycles. The van der Waals surface area contributed by atoms with Crippen molar-refractivity contribution in [2.24, 2.45) is 0 Å². The molecule has 4 aromatic rings. The van der Waals surface area contributed by atoms with Gasteiger partial charge in [0.15, 0.2) is 0 Å². The van der Waals surface area contributed by atoms with Gasteiger partial charge in [-0.05, 0) is 52.6 Å². The molecule has 1 heterocycles. The minimum atomic E-state index is -0.907. The van der Waals surface area contributed by atoms with Crippen molar-refractivity contribution in [1.82, 2.24) is 4.90 Å². The van der Waals surface area contributed by atoms with Crippen LogP contribution in [-0.4, -0.2) is 35.3 Å². The molecular weight excluding hydrogens is 426 g/mol. The van der Waals surface area contributed by atoms with Crippen molar-refractivity contribution in [3.05, 3.63) is 108 Å². The summed E-state index contributed by atoms with van der Waals surface area (Å²) in [6.07, 6.45) is -0.480. The number of benzene rings is 4. The summed E-state index contributed by atoms with van der Waals surface area (Å²) in [6, 6.07) is 32.3. The van der Waals surface area contributed by atoms with E-state index in [-0.39, 0.29) is 12.0 Å². The second kappa shape index (κ2) is 9.87. The van der Waals surface area contributed by atoms with E-state index in [9.17, 15) is 9.90 Å². The smallest absolute Gasteiger partial charge is 0.407 e. The van der Waals surface area contributed by atoms with Gasteiger partial charge in [0.05, 0.1) is 6.54 Å². The molecule has 1 aliphatic heterocycles. The predicted molar refractivity (Wildman–Crippen MR) is 133 cm³/mol. The maximum absolute atomic E-state index is 11.7. The van der Waals surface area contributed by atoms with Crippen molar-refractivity contribution < 1.29 is 19.4 Å². The molecule has 1 aliphatic rings. The van der Waals surface area contributed by atoms with Crippen LogP contribution < -0.4 is 9.47 Å². The third kappa shape index (κ3) is 4.99. The number of hydrogen-bond donors (Lipinski definition) is 1. The molecule has 1 fully saturated rings. The third-order valence-corrected chi connectivity index (χ3v) is 6.39. The van der Waals surface area contributed by atoms with Crippen molar-refractivity contribution in [2.45, 2.75) is 25.0 Å². The van der Waals surface area contributed by atoms with Gasteiger partial charge < -0.3 is 19.5 Å². The molecular formula is C29H27NO4. The molecule has 4 aromatic carbocycles. The zero-order chi connectivity index (χ0) is 23.3. The second-order valence-electron chi connectivity index (χ2n) is 8.63. The minimum Gasteiger partial charge on any atom is -0.489 e. The molecule has 0 saturated carbocycles. The van der Waals surface area contributed by atoms with Gasteiger partial charge in [0.25, 0.3) is 0 Å². The van der Waals surface area contributed by atoms with Crippen LogP contribution in [0.2, 0.25) is 0 Å². The predicted octanol–water partition coefficient (Wildman–Crippen LogP) is 6.33. The lowest BCUT2D eigenvalue weighted by Gasteiger charge is -2.37. The second-order valence-corrected chi connectivity index (χ2v) is 8.63. The number of ether oxygens (including phenoxy) is 2. The Bertz CT molecular complexity index is 1260. The highest BCUT2D eigenvalue weighted by atomic mass is 16.5. The average molecular weight is 454 g/mol. The van der Waals surface area contributed by atoms with Crippen molar-refractivity contribution in [1.29, 1.82) is 0 Å². The first-order chi connectivity index (χ1) is 16.7. The molecule has 2 unspecified atom stereocenters. The Morgan fingerprint density at radius 2 is 1.56 bits per heavy atom. The third-order valence-electron chi connectivity index (χ3n) is 6.39. The maximum atomic E-state index is 11.7. The Balaban J connectivity index is 1.33. The minimum absolute atomic E-state index is 0.0882. The number of rotatable bonds is 6. The summed E-state index contributed by atoms with van der Waals surface area (Å²) in [5, 5.41) is 11.8. The molecule has 2 atom stereocenters. The van der Waals surface area contributed by atoms with Crippen molar-refractivity contribution in [3.8, 4) is 11.5 Å². The molecule has 5 rings (SSSR count). The van der Waals surface area contributed by atoms with E-state index in [1.165, 1.54) is 4.90 Å². The van der Waals surface area contributed by atoms with Gasteiger partial charge in [-0.1, -0.05) is 72.8 Å². The lowest BCUT2D eigenvalue weighted by molar-refractivity contribution is 0.0648. The molecule has 0 bridgehead atoms. The topological polar surface area (TPSA) is 59.0 Å². The monoisotopic (exact) mass is 453 g/mol. The molecule has 0 aromatic heterocycles. The van der Waals surface area contributed by atoms with E-state index in [0.29, 0.717) is 26.1 Å². The number of nitrogens with zero attached hydrogens (tertiary/aromatic N) is 1.